The predicted molar refractivity (Wildman–Crippen MR) is 130 cm³/mol. The molecule has 0 spiro atoms. The molecule has 2 aliphatic rings. The molecule has 3 rings (SSSR count). The average Bonchev–Trinajstić information content (AvgIpc) is 3.00. The minimum Gasteiger partial charge on any atom is -0.443 e. The Balaban J connectivity index is 1.82. The van der Waals surface area contributed by atoms with Crippen molar-refractivity contribution in [2.45, 2.75) is 89.9 Å². The maximum atomic E-state index is 10.3. The Hall–Kier alpha value is -2.59. The zero-order valence-electron chi connectivity index (χ0n) is 20.1. The highest BCUT2D eigenvalue weighted by Gasteiger charge is 2.79. The lowest BCUT2D eigenvalue weighted by Crippen LogP contribution is -2.60. The molecule has 4 atom stereocenters. The molecule has 0 saturated carbocycles. The molecule has 1 aromatic carbocycles. The summed E-state index contributed by atoms with van der Waals surface area (Å²) in [5.74, 6) is -2.54. The Morgan fingerprint density at radius 2 is 1.47 bits per heavy atom. The number of nitrogens with zero attached hydrogens (tertiary/aromatic N) is 3. The highest BCUT2D eigenvalue weighted by Crippen LogP contribution is 2.66. The summed E-state index contributed by atoms with van der Waals surface area (Å²) in [5.41, 5.74) is -2.93. The van der Waals surface area contributed by atoms with Gasteiger partial charge in [-0.15, -0.1) is 0 Å². The van der Waals surface area contributed by atoms with Crippen molar-refractivity contribution < 1.29 is 9.47 Å². The topological polar surface area (TPSA) is 114 Å². The van der Waals surface area contributed by atoms with Crippen molar-refractivity contribution in [3.8, 4) is 18.2 Å². The molecule has 4 unspecified atom stereocenters. The Labute approximate surface area is 207 Å². The molecule has 2 aliphatic heterocycles. The second kappa shape index (κ2) is 10.8. The van der Waals surface area contributed by atoms with Crippen LogP contribution in [0.1, 0.15) is 83.6 Å². The summed E-state index contributed by atoms with van der Waals surface area (Å²) in [6.07, 6.45) is 9.85. The fourth-order valence-electron chi connectivity index (χ4n) is 5.56. The maximum Gasteiger partial charge on any atom is 0.243 e. The van der Waals surface area contributed by atoms with Crippen molar-refractivity contribution in [1.29, 1.82) is 21.2 Å². The van der Waals surface area contributed by atoms with Crippen molar-refractivity contribution in [2.75, 3.05) is 0 Å². The van der Waals surface area contributed by atoms with Crippen molar-refractivity contribution in [1.82, 2.24) is 0 Å². The lowest BCUT2D eigenvalue weighted by Gasteiger charge is -2.48. The number of ether oxygens (including phenoxy) is 2. The number of rotatable bonds is 11. The third-order valence-corrected chi connectivity index (χ3v) is 7.85. The lowest BCUT2D eigenvalue weighted by atomic mass is 9.53. The first kappa shape index (κ1) is 26.0. The molecular formula is C27H33ClN4O2. The predicted octanol–water partition coefficient (Wildman–Crippen LogP) is 7.00. The fourth-order valence-corrected chi connectivity index (χ4v) is 5.68. The van der Waals surface area contributed by atoms with Gasteiger partial charge in [-0.1, -0.05) is 95.4 Å². The van der Waals surface area contributed by atoms with E-state index in [9.17, 15) is 15.8 Å². The summed E-state index contributed by atoms with van der Waals surface area (Å²) >= 11 is 6.07. The van der Waals surface area contributed by atoms with E-state index in [1.165, 1.54) is 38.5 Å². The molecule has 0 radical (unpaired) electrons. The van der Waals surface area contributed by atoms with Gasteiger partial charge in [0.1, 0.15) is 0 Å². The van der Waals surface area contributed by atoms with Crippen LogP contribution in [-0.2, 0) is 15.3 Å². The first-order valence-electron chi connectivity index (χ1n) is 12.3. The first-order valence-corrected chi connectivity index (χ1v) is 12.7. The van der Waals surface area contributed by atoms with E-state index in [0.29, 0.717) is 17.0 Å². The van der Waals surface area contributed by atoms with E-state index >= 15 is 0 Å². The quantitative estimate of drug-likeness (QED) is 0.342. The van der Waals surface area contributed by atoms with Crippen molar-refractivity contribution in [3.05, 3.63) is 34.9 Å². The third kappa shape index (κ3) is 4.07. The van der Waals surface area contributed by atoms with E-state index in [0.717, 1.165) is 19.3 Å². The number of halogens is 1. The Bertz CT molecular complexity index is 991. The molecule has 0 aliphatic carbocycles. The summed E-state index contributed by atoms with van der Waals surface area (Å²) in [4.78, 5) is 0. The van der Waals surface area contributed by atoms with Crippen LogP contribution >= 0.6 is 11.6 Å². The molecule has 1 N–H and O–H groups in total. The van der Waals surface area contributed by atoms with Crippen LogP contribution in [0.4, 0.5) is 0 Å². The Morgan fingerprint density at radius 3 is 2.00 bits per heavy atom. The first-order chi connectivity index (χ1) is 16.4. The van der Waals surface area contributed by atoms with Gasteiger partial charge in [0.15, 0.2) is 10.8 Å². The van der Waals surface area contributed by atoms with E-state index in [-0.39, 0.29) is 5.90 Å². The fraction of sp³-hybridized carbons (Fsp3) is 0.630. The molecule has 0 amide bonds. The van der Waals surface area contributed by atoms with Crippen LogP contribution < -0.4 is 0 Å². The third-order valence-electron chi connectivity index (χ3n) is 7.60. The summed E-state index contributed by atoms with van der Waals surface area (Å²) in [6.45, 7) is 3.93. The van der Waals surface area contributed by atoms with Gasteiger partial charge >= 0.3 is 0 Å². The van der Waals surface area contributed by atoms with Gasteiger partial charge in [-0.25, -0.2) is 0 Å². The number of unbranched alkanes of at least 4 members (excludes halogenated alkanes) is 8. The Morgan fingerprint density at radius 1 is 0.912 bits per heavy atom. The standard InChI is InChI=1S/C27H33ClN4O2/c1-3-4-5-6-7-8-9-10-11-12-23-25(17-29,18-30)26(19-31)20(2)27(33-23,34-24(26)32)21-13-15-22(28)16-14-21/h13-16,20,23,32H,3-12H2,1-2H3. The van der Waals surface area contributed by atoms with Crippen molar-refractivity contribution in [2.24, 2.45) is 16.7 Å². The highest BCUT2D eigenvalue weighted by molar-refractivity contribution is 6.30. The van der Waals surface area contributed by atoms with Crippen LogP contribution in [-0.4, -0.2) is 12.0 Å². The van der Waals surface area contributed by atoms with Crippen LogP contribution in [0.5, 0.6) is 0 Å². The minimum atomic E-state index is -1.83. The molecule has 0 aromatic heterocycles. The average molecular weight is 481 g/mol. The Kier molecular flexibility index (Phi) is 8.25. The van der Waals surface area contributed by atoms with Gasteiger partial charge in [0.2, 0.25) is 11.7 Å². The molecule has 2 fully saturated rings. The smallest absolute Gasteiger partial charge is 0.243 e. The summed E-state index contributed by atoms with van der Waals surface area (Å²) < 4.78 is 12.4. The van der Waals surface area contributed by atoms with Gasteiger partial charge in [-0.3, -0.25) is 5.41 Å². The van der Waals surface area contributed by atoms with Gasteiger partial charge in [0, 0.05) is 10.6 Å². The normalized spacial score (nSPS) is 29.0. The molecule has 2 saturated heterocycles. The largest absolute Gasteiger partial charge is 0.443 e. The van der Waals surface area contributed by atoms with E-state index in [1.54, 1.807) is 31.2 Å². The van der Waals surface area contributed by atoms with Crippen molar-refractivity contribution >= 4 is 17.5 Å². The number of fused-ring (bicyclic) bond motifs is 2. The van der Waals surface area contributed by atoms with Crippen LogP contribution in [0.2, 0.25) is 5.02 Å². The summed E-state index contributed by atoms with van der Waals surface area (Å²) in [5, 5.41) is 39.9. The van der Waals surface area contributed by atoms with Crippen molar-refractivity contribution in [3.63, 3.8) is 0 Å². The second-order valence-corrected chi connectivity index (χ2v) is 9.94. The van der Waals surface area contributed by atoms with Crippen LogP contribution in [0.3, 0.4) is 0 Å². The highest BCUT2D eigenvalue weighted by atomic mass is 35.5. The van der Waals surface area contributed by atoms with Crippen LogP contribution in [0, 0.1) is 56.2 Å². The molecule has 6 nitrogen and oxygen atoms in total. The molecule has 2 bridgehead atoms. The summed E-state index contributed by atoms with van der Waals surface area (Å²) in [6, 6.07) is 13.3. The van der Waals surface area contributed by atoms with E-state index in [1.807, 2.05) is 0 Å². The summed E-state index contributed by atoms with van der Waals surface area (Å²) in [7, 11) is 0. The number of hydrogen-bond acceptors (Lipinski definition) is 6. The monoisotopic (exact) mass is 480 g/mol. The molecule has 34 heavy (non-hydrogen) atoms. The van der Waals surface area contributed by atoms with E-state index in [2.05, 4.69) is 25.1 Å². The molecule has 2 heterocycles. The molecule has 180 valence electrons. The lowest BCUT2D eigenvalue weighted by molar-refractivity contribution is -0.286. The molecular weight excluding hydrogens is 448 g/mol. The maximum absolute atomic E-state index is 10.3. The van der Waals surface area contributed by atoms with Crippen LogP contribution in [0.15, 0.2) is 24.3 Å². The van der Waals surface area contributed by atoms with Gasteiger partial charge < -0.3 is 9.47 Å². The van der Waals surface area contributed by atoms with Gasteiger partial charge in [0.25, 0.3) is 0 Å². The SMILES string of the molecule is CCCCCCCCCCCC1OC2(c3ccc(Cl)cc3)OC(=N)C(C#N)(C2C)C1(C#N)C#N. The van der Waals surface area contributed by atoms with Crippen LogP contribution in [0.25, 0.3) is 0 Å². The number of nitriles is 3. The molecule has 7 heteroatoms. The van der Waals surface area contributed by atoms with E-state index < -0.39 is 28.6 Å². The molecule has 1 aromatic rings. The zero-order valence-corrected chi connectivity index (χ0v) is 20.8. The van der Waals surface area contributed by atoms with Gasteiger partial charge in [-0.2, -0.15) is 15.8 Å². The van der Waals surface area contributed by atoms with Gasteiger partial charge in [0.05, 0.1) is 30.2 Å². The minimum absolute atomic E-state index is 0.380. The van der Waals surface area contributed by atoms with E-state index in [4.69, 9.17) is 26.5 Å². The zero-order chi connectivity index (χ0) is 24.8. The number of nitrogens with one attached hydrogen (secondary N) is 1. The second-order valence-electron chi connectivity index (χ2n) is 9.50. The number of hydrogen-bond donors (Lipinski definition) is 1. The number of benzene rings is 1. The van der Waals surface area contributed by atoms with Gasteiger partial charge in [-0.05, 0) is 18.6 Å².